The van der Waals surface area contributed by atoms with Crippen molar-refractivity contribution >= 4 is 29.2 Å². The summed E-state index contributed by atoms with van der Waals surface area (Å²) in [4.78, 5) is 13.5. The first-order valence-electron chi connectivity index (χ1n) is 9.41. The zero-order valence-electron chi connectivity index (χ0n) is 15.5. The van der Waals surface area contributed by atoms with Crippen LogP contribution >= 0.6 is 12.2 Å². The smallest absolute Gasteiger partial charge is 0.229 e. The minimum atomic E-state index is 0.171. The van der Waals surface area contributed by atoms with Gasteiger partial charge in [-0.15, -0.1) is 0 Å². The number of ether oxygens (including phenoxy) is 1. The van der Waals surface area contributed by atoms with E-state index in [2.05, 4.69) is 30.9 Å². The Morgan fingerprint density at radius 1 is 1.19 bits per heavy atom. The summed E-state index contributed by atoms with van der Waals surface area (Å²) in [6, 6.07) is 2.39. The third kappa shape index (κ3) is 5.88. The molecule has 1 unspecified atom stereocenters. The van der Waals surface area contributed by atoms with Crippen LogP contribution in [0, 0.1) is 13.8 Å². The molecule has 1 atom stereocenters. The fraction of sp³-hybridized carbons (Fsp3) is 0.667. The van der Waals surface area contributed by atoms with Crippen molar-refractivity contribution in [1.82, 2.24) is 20.6 Å². The summed E-state index contributed by atoms with van der Waals surface area (Å²) in [5.41, 5.74) is 1.82. The summed E-state index contributed by atoms with van der Waals surface area (Å²) in [6.45, 7) is 5.30. The van der Waals surface area contributed by atoms with Crippen LogP contribution in [0.2, 0.25) is 0 Å². The van der Waals surface area contributed by atoms with E-state index in [0.717, 1.165) is 43.7 Å². The van der Waals surface area contributed by atoms with Gasteiger partial charge in [0.2, 0.25) is 11.9 Å². The SMILES string of the molecule is Cc1cc(C)nc(NC(=NCC2CCCO2)NC(=S)NC2CCCC2)n1. The van der Waals surface area contributed by atoms with Gasteiger partial charge in [0.25, 0.3) is 0 Å². The van der Waals surface area contributed by atoms with E-state index in [4.69, 9.17) is 17.0 Å². The molecule has 142 valence electrons. The first-order chi connectivity index (χ1) is 12.6. The van der Waals surface area contributed by atoms with Gasteiger partial charge in [0.05, 0.1) is 12.6 Å². The molecule has 1 saturated heterocycles. The highest BCUT2D eigenvalue weighted by atomic mass is 32.1. The van der Waals surface area contributed by atoms with Crippen LogP contribution in [0.3, 0.4) is 0 Å². The Balaban J connectivity index is 1.65. The predicted molar refractivity (Wildman–Crippen MR) is 108 cm³/mol. The van der Waals surface area contributed by atoms with Gasteiger partial charge in [-0.1, -0.05) is 12.8 Å². The number of aromatic nitrogens is 2. The summed E-state index contributed by atoms with van der Waals surface area (Å²) < 4.78 is 5.66. The van der Waals surface area contributed by atoms with E-state index in [0.29, 0.717) is 29.6 Å². The van der Waals surface area contributed by atoms with Crippen molar-refractivity contribution in [2.45, 2.75) is 64.5 Å². The number of thiocarbonyl (C=S) groups is 1. The molecule has 1 aromatic rings. The topological polar surface area (TPSA) is 83.5 Å². The van der Waals surface area contributed by atoms with Gasteiger partial charge >= 0.3 is 0 Å². The highest BCUT2D eigenvalue weighted by Crippen LogP contribution is 2.17. The Morgan fingerprint density at radius 2 is 1.92 bits per heavy atom. The molecule has 3 N–H and O–H groups in total. The molecular weight excluding hydrogens is 348 g/mol. The van der Waals surface area contributed by atoms with Crippen LogP contribution in [-0.4, -0.2) is 46.3 Å². The van der Waals surface area contributed by atoms with E-state index in [1.165, 1.54) is 12.8 Å². The van der Waals surface area contributed by atoms with Crippen molar-refractivity contribution in [3.05, 3.63) is 17.5 Å². The first kappa shape index (κ1) is 19.0. The predicted octanol–water partition coefficient (Wildman–Crippen LogP) is 2.45. The molecule has 0 spiro atoms. The van der Waals surface area contributed by atoms with Gasteiger partial charge in [0.15, 0.2) is 5.11 Å². The molecule has 1 aliphatic heterocycles. The zero-order valence-corrected chi connectivity index (χ0v) is 16.4. The summed E-state index contributed by atoms with van der Waals surface area (Å²) in [5.74, 6) is 1.07. The van der Waals surface area contributed by atoms with Crippen molar-refractivity contribution in [3.63, 3.8) is 0 Å². The van der Waals surface area contributed by atoms with Crippen LogP contribution in [-0.2, 0) is 4.74 Å². The van der Waals surface area contributed by atoms with Crippen LogP contribution in [0.4, 0.5) is 5.95 Å². The molecule has 26 heavy (non-hydrogen) atoms. The van der Waals surface area contributed by atoms with Crippen LogP contribution in [0.1, 0.15) is 49.9 Å². The molecule has 0 aromatic carbocycles. The van der Waals surface area contributed by atoms with Crippen LogP contribution in [0.15, 0.2) is 11.1 Å². The molecule has 0 amide bonds. The van der Waals surface area contributed by atoms with Gasteiger partial charge < -0.3 is 15.4 Å². The lowest BCUT2D eigenvalue weighted by Crippen LogP contribution is -2.46. The minimum absolute atomic E-state index is 0.171. The molecule has 2 fully saturated rings. The molecule has 0 bridgehead atoms. The molecule has 7 nitrogen and oxygen atoms in total. The number of aryl methyl sites for hydroxylation is 2. The maximum atomic E-state index is 5.66. The van der Waals surface area contributed by atoms with E-state index in [1.807, 2.05) is 19.9 Å². The maximum Gasteiger partial charge on any atom is 0.229 e. The van der Waals surface area contributed by atoms with Crippen molar-refractivity contribution in [1.29, 1.82) is 0 Å². The molecule has 1 saturated carbocycles. The number of guanidine groups is 1. The van der Waals surface area contributed by atoms with E-state index in [-0.39, 0.29) is 6.10 Å². The summed E-state index contributed by atoms with van der Waals surface area (Å²) in [7, 11) is 0. The summed E-state index contributed by atoms with van der Waals surface area (Å²) in [6.07, 6.45) is 7.16. The number of hydrogen-bond acceptors (Lipinski definition) is 5. The second kappa shape index (κ2) is 9.23. The molecule has 1 aromatic heterocycles. The Labute approximate surface area is 160 Å². The van der Waals surface area contributed by atoms with Gasteiger partial charge in [0, 0.05) is 24.0 Å². The van der Waals surface area contributed by atoms with Crippen molar-refractivity contribution in [2.75, 3.05) is 18.5 Å². The highest BCUT2D eigenvalue weighted by Gasteiger charge is 2.18. The third-order valence-corrected chi connectivity index (χ3v) is 4.83. The van der Waals surface area contributed by atoms with Crippen molar-refractivity contribution in [3.8, 4) is 0 Å². The van der Waals surface area contributed by atoms with E-state index < -0.39 is 0 Å². The van der Waals surface area contributed by atoms with Gasteiger partial charge in [-0.2, -0.15) is 0 Å². The number of nitrogens with zero attached hydrogens (tertiary/aromatic N) is 3. The van der Waals surface area contributed by atoms with E-state index in [9.17, 15) is 0 Å². The Morgan fingerprint density at radius 3 is 2.58 bits per heavy atom. The molecule has 8 heteroatoms. The van der Waals surface area contributed by atoms with Gasteiger partial charge in [-0.25, -0.2) is 15.0 Å². The number of nitrogens with one attached hydrogen (secondary N) is 3. The van der Waals surface area contributed by atoms with Crippen LogP contribution in [0.25, 0.3) is 0 Å². The van der Waals surface area contributed by atoms with E-state index in [1.54, 1.807) is 0 Å². The monoisotopic (exact) mass is 376 g/mol. The Bertz CT molecular complexity index is 633. The average Bonchev–Trinajstić information content (AvgIpc) is 3.25. The lowest BCUT2D eigenvalue weighted by molar-refractivity contribution is 0.118. The lowest BCUT2D eigenvalue weighted by atomic mass is 10.2. The van der Waals surface area contributed by atoms with Crippen molar-refractivity contribution < 1.29 is 4.74 Å². The Kier molecular flexibility index (Phi) is 6.73. The number of hydrogen-bond donors (Lipinski definition) is 3. The Hall–Kier alpha value is -1.80. The second-order valence-electron chi connectivity index (χ2n) is 7.00. The summed E-state index contributed by atoms with van der Waals surface area (Å²) >= 11 is 5.47. The number of rotatable bonds is 4. The lowest BCUT2D eigenvalue weighted by Gasteiger charge is -2.18. The van der Waals surface area contributed by atoms with Crippen LogP contribution in [0.5, 0.6) is 0 Å². The van der Waals surface area contributed by atoms with E-state index >= 15 is 0 Å². The number of aliphatic imine (C=N–C) groups is 1. The molecule has 0 radical (unpaired) electrons. The molecular formula is C18H28N6OS. The normalized spacial score (nSPS) is 21.0. The van der Waals surface area contributed by atoms with Gasteiger partial charge in [-0.05, 0) is 57.8 Å². The third-order valence-electron chi connectivity index (χ3n) is 4.61. The minimum Gasteiger partial charge on any atom is -0.376 e. The van der Waals surface area contributed by atoms with Gasteiger partial charge in [0.1, 0.15) is 0 Å². The average molecular weight is 377 g/mol. The highest BCUT2D eigenvalue weighted by molar-refractivity contribution is 7.80. The first-order valence-corrected chi connectivity index (χ1v) is 9.82. The second-order valence-corrected chi connectivity index (χ2v) is 7.41. The molecule has 2 heterocycles. The quantitative estimate of drug-likeness (QED) is 0.423. The maximum absolute atomic E-state index is 5.66. The van der Waals surface area contributed by atoms with Gasteiger partial charge in [-0.3, -0.25) is 5.32 Å². The molecule has 2 aliphatic rings. The fourth-order valence-electron chi connectivity index (χ4n) is 3.38. The summed E-state index contributed by atoms with van der Waals surface area (Å²) in [5, 5.41) is 10.3. The fourth-order valence-corrected chi connectivity index (χ4v) is 3.64. The standard InChI is InChI=1S/C18H28N6OS/c1-12-10-13(2)21-17(20-12)23-16(19-11-15-8-5-9-25-15)24-18(26)22-14-6-3-4-7-14/h10,14-15H,3-9,11H2,1-2H3,(H3,19,20,21,22,23,24,26). The molecule has 1 aliphatic carbocycles. The molecule has 3 rings (SSSR count). The zero-order chi connectivity index (χ0) is 18.4. The van der Waals surface area contributed by atoms with Crippen LogP contribution < -0.4 is 16.0 Å². The number of anilines is 1. The largest absolute Gasteiger partial charge is 0.376 e. The van der Waals surface area contributed by atoms with Crippen molar-refractivity contribution in [2.24, 2.45) is 4.99 Å².